The zero-order valence-electron chi connectivity index (χ0n) is 17.3. The first-order chi connectivity index (χ1) is 15.7. The number of hydrogen-bond donors (Lipinski definition) is 1. The average molecular weight is 567 g/mol. The largest absolute Gasteiger partial charge is 0.460 e. The van der Waals surface area contributed by atoms with Crippen LogP contribution in [0, 0.1) is 0 Å². The molecule has 1 unspecified atom stereocenters. The Morgan fingerprint density at radius 1 is 0.556 bits per heavy atom. The Balaban J connectivity index is 3.29. The summed E-state index contributed by atoms with van der Waals surface area (Å²) in [6, 6.07) is 6.15. The van der Waals surface area contributed by atoms with Gasteiger partial charge < -0.3 is 5.32 Å². The van der Waals surface area contributed by atoms with E-state index in [9.17, 15) is 74.6 Å². The van der Waals surface area contributed by atoms with Gasteiger partial charge in [-0.2, -0.15) is 74.6 Å². The molecule has 0 amide bonds. The van der Waals surface area contributed by atoms with Crippen molar-refractivity contribution < 1.29 is 74.6 Å². The van der Waals surface area contributed by atoms with Crippen molar-refractivity contribution in [1.82, 2.24) is 5.32 Å². The normalized spacial score (nSPS) is 16.3. The fourth-order valence-corrected chi connectivity index (χ4v) is 2.66. The molecule has 1 atom stereocenters. The summed E-state index contributed by atoms with van der Waals surface area (Å²) in [6.45, 7) is -0.156. The number of halogens is 17. The third kappa shape index (κ3) is 4.80. The summed E-state index contributed by atoms with van der Waals surface area (Å²) in [5, 5.41) is 2.07. The molecule has 0 saturated heterocycles. The molecule has 1 aromatic rings. The molecule has 210 valence electrons. The van der Waals surface area contributed by atoms with E-state index < -0.39 is 66.6 Å². The van der Waals surface area contributed by atoms with Crippen LogP contribution in [0.3, 0.4) is 0 Å². The average Bonchev–Trinajstić information content (AvgIpc) is 2.72. The SMILES string of the molecule is CC(NCCC(F)(F)C(F)(F)C(F)(F)C(F)(F)C(F)(F)C(F)(F)C(F)(F)C(F)(F)F)c1ccccc1. The van der Waals surface area contributed by atoms with Crippen molar-refractivity contribution >= 4 is 0 Å². The zero-order chi connectivity index (χ0) is 28.8. The molecule has 1 nitrogen and oxygen atoms in total. The quantitative estimate of drug-likeness (QED) is 0.270. The highest BCUT2D eigenvalue weighted by Gasteiger charge is 2.95. The second-order valence-corrected chi connectivity index (χ2v) is 7.49. The van der Waals surface area contributed by atoms with E-state index in [1.807, 2.05) is 0 Å². The highest BCUT2D eigenvalue weighted by molar-refractivity contribution is 5.18. The molecule has 0 aliphatic rings. The van der Waals surface area contributed by atoms with Crippen LogP contribution in [0.5, 0.6) is 0 Å². The van der Waals surface area contributed by atoms with Gasteiger partial charge in [-0.3, -0.25) is 0 Å². The van der Waals surface area contributed by atoms with Gasteiger partial charge in [-0.25, -0.2) is 0 Å². The molecular formula is C18H14F17N. The van der Waals surface area contributed by atoms with Crippen molar-refractivity contribution in [3.05, 3.63) is 35.9 Å². The molecule has 1 N–H and O–H groups in total. The molecule has 0 radical (unpaired) electrons. The Morgan fingerprint density at radius 3 is 1.31 bits per heavy atom. The third-order valence-corrected chi connectivity index (χ3v) is 4.98. The molecule has 0 heterocycles. The molecule has 0 aliphatic carbocycles. The molecule has 0 bridgehead atoms. The second kappa shape index (κ2) is 9.38. The number of hydrogen-bond acceptors (Lipinski definition) is 1. The lowest BCUT2D eigenvalue weighted by molar-refractivity contribution is -0.461. The topological polar surface area (TPSA) is 12.0 Å². The molecule has 0 saturated carbocycles. The van der Waals surface area contributed by atoms with E-state index in [0.29, 0.717) is 5.56 Å². The van der Waals surface area contributed by atoms with Gasteiger partial charge in [0.25, 0.3) is 0 Å². The van der Waals surface area contributed by atoms with Crippen LogP contribution in [-0.4, -0.2) is 54.2 Å². The number of alkyl halides is 17. The lowest BCUT2D eigenvalue weighted by Gasteiger charge is -2.42. The maximum atomic E-state index is 13.8. The Bertz CT molecular complexity index is 875. The Morgan fingerprint density at radius 2 is 0.917 bits per heavy atom. The minimum absolute atomic E-state index is 0.317. The van der Waals surface area contributed by atoms with Crippen LogP contribution >= 0.6 is 0 Å². The second-order valence-electron chi connectivity index (χ2n) is 7.49. The zero-order valence-corrected chi connectivity index (χ0v) is 17.3. The summed E-state index contributed by atoms with van der Waals surface area (Å²) in [5.41, 5.74) is 0.317. The van der Waals surface area contributed by atoms with Gasteiger partial charge in [0.05, 0.1) is 0 Å². The fourth-order valence-electron chi connectivity index (χ4n) is 2.66. The molecule has 18 heteroatoms. The van der Waals surface area contributed by atoms with Crippen LogP contribution in [0.25, 0.3) is 0 Å². The highest BCUT2D eigenvalue weighted by atomic mass is 19.4. The smallest absolute Gasteiger partial charge is 0.310 e. The van der Waals surface area contributed by atoms with Gasteiger partial charge in [0.1, 0.15) is 0 Å². The predicted octanol–water partition coefficient (Wildman–Crippen LogP) is 7.74. The summed E-state index contributed by atoms with van der Waals surface area (Å²) >= 11 is 0. The van der Waals surface area contributed by atoms with Crippen molar-refractivity contribution in [3.8, 4) is 0 Å². The van der Waals surface area contributed by atoms with E-state index >= 15 is 0 Å². The lowest BCUT2D eigenvalue weighted by Crippen LogP contribution is -2.74. The minimum atomic E-state index is -8.61. The van der Waals surface area contributed by atoms with E-state index in [4.69, 9.17) is 0 Å². The van der Waals surface area contributed by atoms with Gasteiger partial charge in [0, 0.05) is 19.0 Å². The van der Waals surface area contributed by atoms with Crippen LogP contribution in [0.4, 0.5) is 74.6 Å². The monoisotopic (exact) mass is 567 g/mol. The van der Waals surface area contributed by atoms with Gasteiger partial charge in [0.15, 0.2) is 0 Å². The van der Waals surface area contributed by atoms with Crippen molar-refractivity contribution in [2.45, 2.75) is 67.0 Å². The van der Waals surface area contributed by atoms with Crippen LogP contribution in [0.2, 0.25) is 0 Å². The maximum absolute atomic E-state index is 13.8. The standard InChI is InChI=1S/C18H14F17N/c1-9(10-5-3-2-4-6-10)36-8-7-11(19,20)12(21,22)13(23,24)14(25,26)15(27,28)16(29,30)17(31,32)18(33,34)35/h2-6,9,36H,7-8H2,1H3. The number of rotatable bonds is 11. The molecule has 1 aromatic carbocycles. The van der Waals surface area contributed by atoms with Gasteiger partial charge in [-0.15, -0.1) is 0 Å². The number of benzene rings is 1. The molecule has 1 rings (SSSR count). The van der Waals surface area contributed by atoms with Crippen LogP contribution in [-0.2, 0) is 0 Å². The van der Waals surface area contributed by atoms with Gasteiger partial charge in [-0.05, 0) is 12.5 Å². The Kier molecular flexibility index (Phi) is 8.34. The van der Waals surface area contributed by atoms with Gasteiger partial charge in [-0.1, -0.05) is 30.3 Å². The summed E-state index contributed by atoms with van der Waals surface area (Å²) in [6.07, 6.45) is -10.3. The summed E-state index contributed by atoms with van der Waals surface area (Å²) in [5.74, 6) is -56.1. The van der Waals surface area contributed by atoms with Crippen molar-refractivity contribution in [2.24, 2.45) is 0 Å². The molecule has 0 spiro atoms. The molecule has 36 heavy (non-hydrogen) atoms. The summed E-state index contributed by atoms with van der Waals surface area (Å²) in [7, 11) is 0. The highest BCUT2D eigenvalue weighted by Crippen LogP contribution is 2.64. The Labute approximate surface area is 190 Å². The lowest BCUT2D eigenvalue weighted by atomic mass is 9.88. The molecule has 0 aromatic heterocycles. The molecule has 0 fully saturated rings. The van der Waals surface area contributed by atoms with E-state index in [-0.39, 0.29) is 0 Å². The van der Waals surface area contributed by atoms with E-state index in [0.717, 1.165) is 0 Å². The summed E-state index contributed by atoms with van der Waals surface area (Å²) < 4.78 is 224. The minimum Gasteiger partial charge on any atom is -0.310 e. The van der Waals surface area contributed by atoms with Crippen LogP contribution in [0.1, 0.15) is 24.9 Å². The Hall–Kier alpha value is -2.01. The third-order valence-electron chi connectivity index (χ3n) is 4.98. The van der Waals surface area contributed by atoms with Crippen molar-refractivity contribution in [3.63, 3.8) is 0 Å². The van der Waals surface area contributed by atoms with E-state index in [2.05, 4.69) is 5.32 Å². The van der Waals surface area contributed by atoms with Gasteiger partial charge in [0.2, 0.25) is 0 Å². The maximum Gasteiger partial charge on any atom is 0.460 e. The molecule has 0 aliphatic heterocycles. The van der Waals surface area contributed by atoms with Crippen molar-refractivity contribution in [2.75, 3.05) is 6.54 Å². The van der Waals surface area contributed by atoms with Crippen LogP contribution < -0.4 is 5.32 Å². The molecular weight excluding hydrogens is 553 g/mol. The van der Waals surface area contributed by atoms with Crippen LogP contribution in [0.15, 0.2) is 30.3 Å². The fraction of sp³-hybridized carbons (Fsp3) is 0.667. The predicted molar refractivity (Wildman–Crippen MR) is 88.2 cm³/mol. The first kappa shape index (κ1) is 32.0. The van der Waals surface area contributed by atoms with Gasteiger partial charge >= 0.3 is 47.6 Å². The van der Waals surface area contributed by atoms with E-state index in [1.54, 1.807) is 0 Å². The van der Waals surface area contributed by atoms with Crippen molar-refractivity contribution in [1.29, 1.82) is 0 Å². The number of nitrogens with one attached hydrogen (secondary N) is 1. The summed E-state index contributed by atoms with van der Waals surface area (Å²) in [4.78, 5) is 0. The van der Waals surface area contributed by atoms with E-state index in [1.165, 1.54) is 37.3 Å². The first-order valence-electron chi connectivity index (χ1n) is 9.24. The first-order valence-corrected chi connectivity index (χ1v) is 9.24.